The van der Waals surface area contributed by atoms with Gasteiger partial charge in [0.25, 0.3) is 0 Å². The normalized spacial score (nSPS) is 20.3. The molecule has 174 valence electrons. The Bertz CT molecular complexity index is 963. The summed E-state index contributed by atoms with van der Waals surface area (Å²) < 4.78 is 38.4. The van der Waals surface area contributed by atoms with Gasteiger partial charge in [-0.1, -0.05) is 6.07 Å². The Morgan fingerprint density at radius 1 is 1.12 bits per heavy atom. The Hall–Kier alpha value is -2.27. The second kappa shape index (κ2) is 10.6. The van der Waals surface area contributed by atoms with E-state index in [1.807, 2.05) is 12.1 Å². The van der Waals surface area contributed by atoms with Crippen LogP contribution in [-0.4, -0.2) is 75.7 Å². The molecule has 0 radical (unpaired) electrons. The van der Waals surface area contributed by atoms with Gasteiger partial charge in [0.2, 0.25) is 15.9 Å². The zero-order valence-corrected chi connectivity index (χ0v) is 19.3. The SMILES string of the molecule is COc1ccc(CNC[C@H]2CCCN(S(=O)(=O)c3ccc(N4CCOCC4)nc3)C2)cn1. The van der Waals surface area contributed by atoms with Crippen LogP contribution < -0.4 is 15.0 Å². The van der Waals surface area contributed by atoms with Gasteiger partial charge in [-0.2, -0.15) is 4.31 Å². The first-order valence-corrected chi connectivity index (χ1v) is 12.5. The molecule has 0 saturated carbocycles. The Morgan fingerprint density at radius 2 is 1.97 bits per heavy atom. The molecule has 10 heteroatoms. The second-order valence-electron chi connectivity index (χ2n) is 8.16. The lowest BCUT2D eigenvalue weighted by Crippen LogP contribution is -2.42. The lowest BCUT2D eigenvalue weighted by molar-refractivity contribution is 0.122. The van der Waals surface area contributed by atoms with Crippen LogP contribution in [0.5, 0.6) is 5.88 Å². The highest BCUT2D eigenvalue weighted by atomic mass is 32.2. The molecular formula is C22H31N5O4S. The number of nitrogens with zero attached hydrogens (tertiary/aromatic N) is 4. The fraction of sp³-hybridized carbons (Fsp3) is 0.545. The molecule has 2 aliphatic rings. The smallest absolute Gasteiger partial charge is 0.244 e. The van der Waals surface area contributed by atoms with E-state index >= 15 is 0 Å². The van der Waals surface area contributed by atoms with Crippen molar-refractivity contribution in [1.29, 1.82) is 0 Å². The first-order valence-electron chi connectivity index (χ1n) is 11.0. The van der Waals surface area contributed by atoms with Crippen LogP contribution in [0.1, 0.15) is 18.4 Å². The van der Waals surface area contributed by atoms with E-state index in [1.165, 1.54) is 6.20 Å². The molecule has 2 aromatic heterocycles. The minimum atomic E-state index is -3.55. The average Bonchev–Trinajstić information content (AvgIpc) is 2.85. The summed E-state index contributed by atoms with van der Waals surface area (Å²) in [5, 5.41) is 3.43. The molecule has 1 atom stereocenters. The summed E-state index contributed by atoms with van der Waals surface area (Å²) in [6.45, 7) is 5.38. The molecule has 0 unspecified atom stereocenters. The van der Waals surface area contributed by atoms with Crippen molar-refractivity contribution in [2.24, 2.45) is 5.92 Å². The van der Waals surface area contributed by atoms with Gasteiger partial charge in [-0.15, -0.1) is 0 Å². The van der Waals surface area contributed by atoms with Gasteiger partial charge in [0.1, 0.15) is 10.7 Å². The van der Waals surface area contributed by atoms with Gasteiger partial charge in [-0.25, -0.2) is 18.4 Å². The van der Waals surface area contributed by atoms with Crippen molar-refractivity contribution in [2.75, 3.05) is 57.9 Å². The summed E-state index contributed by atoms with van der Waals surface area (Å²) in [6, 6.07) is 7.28. The fourth-order valence-corrected chi connectivity index (χ4v) is 5.62. The largest absolute Gasteiger partial charge is 0.481 e. The maximum absolute atomic E-state index is 13.2. The molecule has 9 nitrogen and oxygen atoms in total. The summed E-state index contributed by atoms with van der Waals surface area (Å²) in [6.07, 6.45) is 5.14. The first kappa shape index (κ1) is 22.9. The standard InChI is InChI=1S/C22H31N5O4S/c1-30-22-7-4-18(15-25-22)13-23-14-19-3-2-8-27(17-19)32(28,29)20-5-6-21(24-16-20)26-9-11-31-12-10-26/h4-7,15-16,19,23H,2-3,8-14,17H2,1H3/t19-/m1/s1. The first-order chi connectivity index (χ1) is 15.6. The number of hydrogen-bond acceptors (Lipinski definition) is 8. The molecule has 2 fully saturated rings. The minimum absolute atomic E-state index is 0.257. The molecule has 0 aliphatic carbocycles. The van der Waals surface area contributed by atoms with Crippen LogP contribution in [0.15, 0.2) is 41.6 Å². The summed E-state index contributed by atoms with van der Waals surface area (Å²) in [7, 11) is -1.96. The van der Waals surface area contributed by atoms with Crippen LogP contribution in [0, 0.1) is 5.92 Å². The number of rotatable bonds is 8. The number of ether oxygens (including phenoxy) is 2. The van der Waals surface area contributed by atoms with Crippen molar-refractivity contribution in [3.63, 3.8) is 0 Å². The lowest BCUT2D eigenvalue weighted by atomic mass is 10.00. The van der Waals surface area contributed by atoms with E-state index < -0.39 is 10.0 Å². The van der Waals surface area contributed by atoms with Crippen LogP contribution in [0.25, 0.3) is 0 Å². The van der Waals surface area contributed by atoms with E-state index in [0.717, 1.165) is 43.9 Å². The highest BCUT2D eigenvalue weighted by molar-refractivity contribution is 7.89. The quantitative estimate of drug-likeness (QED) is 0.632. The van der Waals surface area contributed by atoms with Gasteiger partial charge in [0, 0.05) is 51.2 Å². The molecule has 0 amide bonds. The lowest BCUT2D eigenvalue weighted by Gasteiger charge is -2.32. The molecule has 32 heavy (non-hydrogen) atoms. The number of sulfonamides is 1. The third kappa shape index (κ3) is 5.55. The monoisotopic (exact) mass is 461 g/mol. The highest BCUT2D eigenvalue weighted by Gasteiger charge is 2.30. The van der Waals surface area contributed by atoms with E-state index in [0.29, 0.717) is 38.7 Å². The van der Waals surface area contributed by atoms with Crippen molar-refractivity contribution in [3.8, 4) is 5.88 Å². The summed E-state index contributed by atoms with van der Waals surface area (Å²) in [5.41, 5.74) is 1.07. The van der Waals surface area contributed by atoms with Gasteiger partial charge in [-0.3, -0.25) is 0 Å². The van der Waals surface area contributed by atoms with Crippen LogP contribution in [0.4, 0.5) is 5.82 Å². The van der Waals surface area contributed by atoms with Crippen molar-refractivity contribution in [3.05, 3.63) is 42.2 Å². The van der Waals surface area contributed by atoms with Crippen LogP contribution in [0.3, 0.4) is 0 Å². The van der Waals surface area contributed by atoms with Crippen molar-refractivity contribution in [1.82, 2.24) is 19.6 Å². The van der Waals surface area contributed by atoms with Gasteiger partial charge < -0.3 is 19.7 Å². The van der Waals surface area contributed by atoms with Crippen molar-refractivity contribution < 1.29 is 17.9 Å². The zero-order valence-electron chi connectivity index (χ0n) is 18.4. The molecule has 4 heterocycles. The topological polar surface area (TPSA) is 96.9 Å². The second-order valence-corrected chi connectivity index (χ2v) is 10.1. The average molecular weight is 462 g/mol. The van der Waals surface area contributed by atoms with E-state index in [9.17, 15) is 8.42 Å². The van der Waals surface area contributed by atoms with E-state index in [4.69, 9.17) is 9.47 Å². The third-order valence-corrected chi connectivity index (χ3v) is 7.79. The number of anilines is 1. The van der Waals surface area contributed by atoms with E-state index in [2.05, 4.69) is 20.2 Å². The van der Waals surface area contributed by atoms with Gasteiger partial charge in [0.15, 0.2) is 0 Å². The van der Waals surface area contributed by atoms with Gasteiger partial charge in [-0.05, 0) is 43.0 Å². The summed E-state index contributed by atoms with van der Waals surface area (Å²) in [5.74, 6) is 1.65. The molecule has 2 saturated heterocycles. The van der Waals surface area contributed by atoms with Crippen LogP contribution in [-0.2, 0) is 21.3 Å². The Morgan fingerprint density at radius 3 is 2.66 bits per heavy atom. The van der Waals surface area contributed by atoms with Gasteiger partial charge >= 0.3 is 0 Å². The number of methoxy groups -OCH3 is 1. The molecule has 0 spiro atoms. The Labute approximate surface area is 189 Å². The van der Waals surface area contributed by atoms with E-state index in [-0.39, 0.29) is 10.8 Å². The predicted molar refractivity (Wildman–Crippen MR) is 121 cm³/mol. The summed E-state index contributed by atoms with van der Waals surface area (Å²) >= 11 is 0. The van der Waals surface area contributed by atoms with Gasteiger partial charge in [0.05, 0.1) is 20.3 Å². The van der Waals surface area contributed by atoms with Crippen molar-refractivity contribution in [2.45, 2.75) is 24.3 Å². The zero-order chi connectivity index (χ0) is 22.4. The number of aromatic nitrogens is 2. The highest BCUT2D eigenvalue weighted by Crippen LogP contribution is 2.24. The molecule has 0 aromatic carbocycles. The number of piperidine rings is 1. The van der Waals surface area contributed by atoms with E-state index in [1.54, 1.807) is 29.7 Å². The maximum atomic E-state index is 13.2. The molecule has 2 aromatic rings. The molecule has 1 N–H and O–H groups in total. The number of morpholine rings is 1. The summed E-state index contributed by atoms with van der Waals surface area (Å²) in [4.78, 5) is 11.0. The van der Waals surface area contributed by atoms with Crippen molar-refractivity contribution >= 4 is 15.8 Å². The molecule has 0 bridgehead atoms. The maximum Gasteiger partial charge on any atom is 0.244 e. The Kier molecular flexibility index (Phi) is 7.56. The number of nitrogens with one attached hydrogen (secondary N) is 1. The minimum Gasteiger partial charge on any atom is -0.481 e. The van der Waals surface area contributed by atoms with Crippen LogP contribution in [0.2, 0.25) is 0 Å². The molecule has 4 rings (SSSR count). The fourth-order valence-electron chi connectivity index (χ4n) is 4.12. The Balaban J connectivity index is 1.32. The number of pyridine rings is 2. The third-order valence-electron chi connectivity index (χ3n) is 5.94. The molecular weight excluding hydrogens is 430 g/mol. The number of hydrogen-bond donors (Lipinski definition) is 1. The predicted octanol–water partition coefficient (Wildman–Crippen LogP) is 1.51. The van der Waals surface area contributed by atoms with Crippen LogP contribution >= 0.6 is 0 Å². The molecule has 2 aliphatic heterocycles.